The van der Waals surface area contributed by atoms with Gasteiger partial charge in [-0.05, 0) is 23.3 Å². The average molecular weight is 519 g/mol. The number of pyridine rings is 1. The predicted octanol–water partition coefficient (Wildman–Crippen LogP) is 8.15. The summed E-state index contributed by atoms with van der Waals surface area (Å²) in [4.78, 5) is 6.13. The number of hydrogen-bond acceptors (Lipinski definition) is 4. The fourth-order valence-electron chi connectivity index (χ4n) is 4.88. The highest BCUT2D eigenvalue weighted by atomic mass is 32.2. The molecule has 0 N–H and O–H groups in total. The number of fused-ring (bicyclic) bond motifs is 1. The standard InChI is InChI=1S/C34H22N4S/c35-22-28-31(25-15-7-2-8-16-25)29(23-36)34(39-27-19-11-4-12-20-27)38-30(21-24-13-5-1-6-14-24)32(37-33(28)38)26-17-9-3-10-18-26/h1-20H,21H2. The molecule has 0 aliphatic rings. The van der Waals surface area contributed by atoms with Crippen molar-refractivity contribution in [1.29, 1.82) is 10.5 Å². The summed E-state index contributed by atoms with van der Waals surface area (Å²) in [6, 6.07) is 44.8. The first-order valence-corrected chi connectivity index (χ1v) is 13.4. The summed E-state index contributed by atoms with van der Waals surface area (Å²) >= 11 is 1.52. The maximum absolute atomic E-state index is 10.6. The monoisotopic (exact) mass is 518 g/mol. The van der Waals surface area contributed by atoms with Gasteiger partial charge in [-0.25, -0.2) is 4.98 Å². The first kappa shape index (κ1) is 24.2. The average Bonchev–Trinajstić information content (AvgIpc) is 3.37. The second-order valence-electron chi connectivity index (χ2n) is 9.03. The van der Waals surface area contributed by atoms with Gasteiger partial charge >= 0.3 is 0 Å². The van der Waals surface area contributed by atoms with Crippen LogP contribution in [0.2, 0.25) is 0 Å². The van der Waals surface area contributed by atoms with E-state index < -0.39 is 0 Å². The van der Waals surface area contributed by atoms with Crippen molar-refractivity contribution in [1.82, 2.24) is 9.38 Å². The van der Waals surface area contributed by atoms with Gasteiger partial charge in [0.25, 0.3) is 0 Å². The molecule has 0 saturated carbocycles. The fourth-order valence-corrected chi connectivity index (χ4v) is 5.93. The lowest BCUT2D eigenvalue weighted by molar-refractivity contribution is 0.927. The molecule has 0 unspecified atom stereocenters. The van der Waals surface area contributed by atoms with Crippen LogP contribution in [-0.4, -0.2) is 9.38 Å². The molecule has 0 saturated heterocycles. The molecule has 2 heterocycles. The Balaban J connectivity index is 1.76. The second-order valence-corrected chi connectivity index (χ2v) is 10.1. The van der Waals surface area contributed by atoms with E-state index in [9.17, 15) is 10.5 Å². The quantitative estimate of drug-likeness (QED) is 0.223. The van der Waals surface area contributed by atoms with Crippen molar-refractivity contribution in [2.75, 3.05) is 0 Å². The van der Waals surface area contributed by atoms with E-state index in [0.29, 0.717) is 28.8 Å². The number of benzene rings is 4. The first-order chi connectivity index (χ1) is 19.3. The fraction of sp³-hybridized carbons (Fsp3) is 0.0294. The molecule has 184 valence electrons. The zero-order chi connectivity index (χ0) is 26.6. The summed E-state index contributed by atoms with van der Waals surface area (Å²) in [6.07, 6.45) is 0.592. The third-order valence-electron chi connectivity index (χ3n) is 6.62. The maximum Gasteiger partial charge on any atom is 0.157 e. The normalized spacial score (nSPS) is 10.7. The summed E-state index contributed by atoms with van der Waals surface area (Å²) in [5.41, 5.74) is 6.67. The van der Waals surface area contributed by atoms with Crippen molar-refractivity contribution in [3.63, 3.8) is 0 Å². The largest absolute Gasteiger partial charge is 0.288 e. The Morgan fingerprint density at radius 2 is 1.18 bits per heavy atom. The molecule has 0 fully saturated rings. The lowest BCUT2D eigenvalue weighted by Crippen LogP contribution is -2.06. The molecule has 0 amide bonds. The molecular weight excluding hydrogens is 496 g/mol. The van der Waals surface area contributed by atoms with Crippen molar-refractivity contribution < 1.29 is 0 Å². The highest BCUT2D eigenvalue weighted by molar-refractivity contribution is 7.99. The summed E-state index contributed by atoms with van der Waals surface area (Å²) in [7, 11) is 0. The second kappa shape index (κ2) is 10.7. The molecule has 0 bridgehead atoms. The molecular formula is C34H22N4S. The SMILES string of the molecule is N#Cc1c(-c2ccccc2)c(C#N)c2nc(-c3ccccc3)c(Cc3ccccc3)n2c1Sc1ccccc1. The summed E-state index contributed by atoms with van der Waals surface area (Å²) in [5.74, 6) is 0. The van der Waals surface area contributed by atoms with Crippen LogP contribution in [0.15, 0.2) is 131 Å². The van der Waals surface area contributed by atoms with Crippen molar-refractivity contribution in [3.05, 3.63) is 144 Å². The Bertz CT molecular complexity index is 1850. The van der Waals surface area contributed by atoms with Crippen LogP contribution >= 0.6 is 11.8 Å². The maximum atomic E-state index is 10.6. The first-order valence-electron chi connectivity index (χ1n) is 12.6. The lowest BCUT2D eigenvalue weighted by atomic mass is 9.97. The predicted molar refractivity (Wildman–Crippen MR) is 155 cm³/mol. The molecule has 6 rings (SSSR count). The van der Waals surface area contributed by atoms with Gasteiger partial charge in [0.1, 0.15) is 22.7 Å². The van der Waals surface area contributed by atoms with Gasteiger partial charge in [-0.1, -0.05) is 121 Å². The Morgan fingerprint density at radius 3 is 1.77 bits per heavy atom. The van der Waals surface area contributed by atoms with Gasteiger partial charge in [0, 0.05) is 22.4 Å². The number of nitriles is 2. The summed E-state index contributed by atoms with van der Waals surface area (Å²) < 4.78 is 2.04. The topological polar surface area (TPSA) is 64.9 Å². The Morgan fingerprint density at radius 1 is 0.641 bits per heavy atom. The molecule has 4 aromatic carbocycles. The van der Waals surface area contributed by atoms with Crippen LogP contribution in [0, 0.1) is 22.7 Å². The minimum atomic E-state index is 0.395. The van der Waals surface area contributed by atoms with Crippen LogP contribution in [0.3, 0.4) is 0 Å². The van der Waals surface area contributed by atoms with Crippen LogP contribution in [0.5, 0.6) is 0 Å². The Kier molecular flexibility index (Phi) is 6.66. The highest BCUT2D eigenvalue weighted by Gasteiger charge is 2.27. The van der Waals surface area contributed by atoms with Crippen molar-refractivity contribution >= 4 is 17.4 Å². The number of aromatic nitrogens is 2. The molecule has 0 radical (unpaired) electrons. The number of rotatable bonds is 6. The van der Waals surface area contributed by atoms with Gasteiger partial charge in [-0.15, -0.1) is 0 Å². The van der Waals surface area contributed by atoms with Gasteiger partial charge in [-0.2, -0.15) is 10.5 Å². The smallest absolute Gasteiger partial charge is 0.157 e. The van der Waals surface area contributed by atoms with E-state index in [1.165, 1.54) is 11.8 Å². The van der Waals surface area contributed by atoms with E-state index in [0.717, 1.165) is 38.0 Å². The molecule has 4 nitrogen and oxygen atoms in total. The van der Waals surface area contributed by atoms with E-state index >= 15 is 0 Å². The van der Waals surface area contributed by atoms with E-state index in [4.69, 9.17) is 4.98 Å². The van der Waals surface area contributed by atoms with Crippen LogP contribution in [0.25, 0.3) is 28.0 Å². The Labute approximate surface area is 231 Å². The zero-order valence-corrected chi connectivity index (χ0v) is 21.8. The number of nitrogens with zero attached hydrogens (tertiary/aromatic N) is 4. The number of hydrogen-bond donors (Lipinski definition) is 0. The van der Waals surface area contributed by atoms with Gasteiger partial charge < -0.3 is 0 Å². The van der Waals surface area contributed by atoms with Crippen LogP contribution < -0.4 is 0 Å². The van der Waals surface area contributed by atoms with E-state index in [1.54, 1.807) is 0 Å². The molecule has 5 heteroatoms. The minimum absolute atomic E-state index is 0.395. The molecule has 0 atom stereocenters. The van der Waals surface area contributed by atoms with Gasteiger partial charge in [0.2, 0.25) is 0 Å². The highest BCUT2D eigenvalue weighted by Crippen LogP contribution is 2.42. The molecule has 0 spiro atoms. The van der Waals surface area contributed by atoms with Gasteiger partial charge in [-0.3, -0.25) is 4.40 Å². The lowest BCUT2D eigenvalue weighted by Gasteiger charge is -2.17. The van der Waals surface area contributed by atoms with Crippen LogP contribution in [0.1, 0.15) is 22.4 Å². The van der Waals surface area contributed by atoms with E-state index in [-0.39, 0.29) is 0 Å². The van der Waals surface area contributed by atoms with E-state index in [2.05, 4.69) is 24.3 Å². The van der Waals surface area contributed by atoms with Crippen LogP contribution in [-0.2, 0) is 6.42 Å². The van der Waals surface area contributed by atoms with Gasteiger partial charge in [0.15, 0.2) is 5.65 Å². The third-order valence-corrected chi connectivity index (χ3v) is 7.71. The van der Waals surface area contributed by atoms with Gasteiger partial charge in [0.05, 0.1) is 17.0 Å². The molecule has 0 aliphatic carbocycles. The molecule has 6 aromatic rings. The van der Waals surface area contributed by atoms with Crippen molar-refractivity contribution in [3.8, 4) is 34.5 Å². The molecule has 2 aromatic heterocycles. The number of imidazole rings is 1. The Hall–Kier alpha value is -5.10. The molecule has 0 aliphatic heterocycles. The minimum Gasteiger partial charge on any atom is -0.288 e. The third kappa shape index (κ3) is 4.57. The van der Waals surface area contributed by atoms with Crippen LogP contribution in [0.4, 0.5) is 0 Å². The summed E-state index contributed by atoms with van der Waals surface area (Å²) in [5, 5.41) is 21.9. The zero-order valence-electron chi connectivity index (χ0n) is 21.0. The summed E-state index contributed by atoms with van der Waals surface area (Å²) in [6.45, 7) is 0. The van der Waals surface area contributed by atoms with Crippen molar-refractivity contribution in [2.45, 2.75) is 16.3 Å². The molecule has 39 heavy (non-hydrogen) atoms. The van der Waals surface area contributed by atoms with E-state index in [1.807, 2.05) is 114 Å². The van der Waals surface area contributed by atoms with Crippen molar-refractivity contribution in [2.24, 2.45) is 0 Å².